The number of hydrogen-bond donors (Lipinski definition) is 0. The smallest absolute Gasteiger partial charge is 0.316 e. The van der Waals surface area contributed by atoms with Crippen LogP contribution < -0.4 is 14.5 Å². The fourth-order valence-electron chi connectivity index (χ4n) is 5.29. The Hall–Kier alpha value is -3.19. The largest absolute Gasteiger partial charge is 0.426 e. The number of rotatable bonds is 4. The molecule has 176 valence electrons. The van der Waals surface area contributed by atoms with Crippen molar-refractivity contribution >= 4 is 46.7 Å². The van der Waals surface area contributed by atoms with Crippen molar-refractivity contribution in [2.75, 3.05) is 16.3 Å². The van der Waals surface area contributed by atoms with E-state index < -0.39 is 11.9 Å². The molecule has 0 radical (unpaired) electrons. The van der Waals surface area contributed by atoms with Crippen LogP contribution in [0.15, 0.2) is 42.5 Å². The highest BCUT2D eigenvalue weighted by Gasteiger charge is 2.48. The number of hydrogen-bond acceptors (Lipinski definition) is 5. The number of esters is 1. The topological polar surface area (TPSA) is 84.0 Å². The third-order valence-electron chi connectivity index (χ3n) is 7.12. The lowest BCUT2D eigenvalue weighted by Gasteiger charge is -2.19. The van der Waals surface area contributed by atoms with Crippen molar-refractivity contribution in [2.45, 2.75) is 39.0 Å². The molecule has 3 amide bonds. The number of benzene rings is 2. The molecule has 0 aromatic heterocycles. The van der Waals surface area contributed by atoms with Crippen molar-refractivity contribution < 1.29 is 23.9 Å². The Bertz CT molecular complexity index is 1170. The van der Waals surface area contributed by atoms with Gasteiger partial charge in [0.05, 0.1) is 23.4 Å². The summed E-state index contributed by atoms with van der Waals surface area (Å²) in [4.78, 5) is 54.1. The van der Waals surface area contributed by atoms with E-state index in [-0.39, 0.29) is 48.3 Å². The van der Waals surface area contributed by atoms with Gasteiger partial charge in [-0.25, -0.2) is 4.90 Å². The van der Waals surface area contributed by atoms with Gasteiger partial charge >= 0.3 is 5.97 Å². The van der Waals surface area contributed by atoms with Crippen LogP contribution in [0.2, 0.25) is 5.02 Å². The Kier molecular flexibility index (Phi) is 5.90. The zero-order valence-corrected chi connectivity index (χ0v) is 19.6. The second-order valence-corrected chi connectivity index (χ2v) is 9.62. The number of fused-ring (bicyclic) bond motifs is 1. The Morgan fingerprint density at radius 3 is 2.38 bits per heavy atom. The summed E-state index contributed by atoms with van der Waals surface area (Å²) in [6.07, 6.45) is 3.42. The highest BCUT2D eigenvalue weighted by molar-refractivity contribution is 6.31. The molecule has 34 heavy (non-hydrogen) atoms. The van der Waals surface area contributed by atoms with E-state index in [1.165, 1.54) is 4.90 Å². The molecule has 0 bridgehead atoms. The van der Waals surface area contributed by atoms with Gasteiger partial charge in [0.1, 0.15) is 5.75 Å². The van der Waals surface area contributed by atoms with Crippen LogP contribution in [-0.2, 0) is 19.2 Å². The van der Waals surface area contributed by atoms with Crippen molar-refractivity contribution in [3.8, 4) is 5.75 Å². The Balaban J connectivity index is 1.30. The quantitative estimate of drug-likeness (QED) is 0.370. The van der Waals surface area contributed by atoms with Gasteiger partial charge in [-0.3, -0.25) is 19.2 Å². The molecule has 5 rings (SSSR count). The lowest BCUT2D eigenvalue weighted by atomic mass is 9.81. The van der Waals surface area contributed by atoms with Crippen LogP contribution in [0.5, 0.6) is 5.75 Å². The van der Waals surface area contributed by atoms with Crippen molar-refractivity contribution in [3.05, 3.63) is 53.1 Å². The molecule has 0 unspecified atom stereocenters. The Morgan fingerprint density at radius 1 is 1.00 bits per heavy atom. The van der Waals surface area contributed by atoms with Gasteiger partial charge in [0.25, 0.3) is 0 Å². The first-order chi connectivity index (χ1) is 16.3. The van der Waals surface area contributed by atoms with Crippen LogP contribution in [0.25, 0.3) is 0 Å². The summed E-state index contributed by atoms with van der Waals surface area (Å²) >= 11 is 6.19. The number of anilines is 2. The molecule has 0 spiro atoms. The number of carbonyl (C=O) groups excluding carboxylic acids is 4. The predicted molar refractivity (Wildman–Crippen MR) is 127 cm³/mol. The van der Waals surface area contributed by atoms with Gasteiger partial charge in [-0.15, -0.1) is 0 Å². The van der Waals surface area contributed by atoms with Crippen molar-refractivity contribution in [1.82, 2.24) is 0 Å². The summed E-state index contributed by atoms with van der Waals surface area (Å²) in [7, 11) is 0. The van der Waals surface area contributed by atoms with E-state index in [0.717, 1.165) is 31.2 Å². The van der Waals surface area contributed by atoms with Gasteiger partial charge in [-0.05, 0) is 49.6 Å². The Morgan fingerprint density at radius 2 is 1.68 bits per heavy atom. The standard InChI is InChI=1S/C26H25ClN2O5/c1-15-21(27)10-5-11-22(15)28-14-16(12-23(28)30)26(33)34-18-7-4-6-17(13-18)29-24(31)19-8-2-3-9-20(19)25(29)32/h4-7,10-11,13,16,19-20H,2-3,8-9,12,14H2,1H3/t16-,19-,20+/m0/s1. The van der Waals surface area contributed by atoms with Crippen LogP contribution in [0, 0.1) is 24.7 Å². The summed E-state index contributed by atoms with van der Waals surface area (Å²) in [5, 5.41) is 0.555. The summed E-state index contributed by atoms with van der Waals surface area (Å²) in [5.41, 5.74) is 1.87. The molecule has 2 saturated heterocycles. The normalized spacial score (nSPS) is 24.5. The summed E-state index contributed by atoms with van der Waals surface area (Å²) in [6.45, 7) is 2.03. The number of halogens is 1. The number of nitrogens with zero attached hydrogens (tertiary/aromatic N) is 2. The van der Waals surface area contributed by atoms with E-state index in [1.54, 1.807) is 47.4 Å². The first-order valence-corrected chi connectivity index (χ1v) is 12.0. The summed E-state index contributed by atoms with van der Waals surface area (Å²) in [6, 6.07) is 11.8. The highest BCUT2D eigenvalue weighted by Crippen LogP contribution is 2.40. The van der Waals surface area contributed by atoms with E-state index in [9.17, 15) is 19.2 Å². The molecule has 3 atom stereocenters. The van der Waals surface area contributed by atoms with Crippen molar-refractivity contribution in [3.63, 3.8) is 0 Å². The summed E-state index contributed by atoms with van der Waals surface area (Å²) < 4.78 is 5.58. The van der Waals surface area contributed by atoms with E-state index in [2.05, 4.69) is 0 Å². The van der Waals surface area contributed by atoms with Gasteiger partial charge < -0.3 is 9.64 Å². The van der Waals surface area contributed by atoms with E-state index in [4.69, 9.17) is 16.3 Å². The Labute approximate surface area is 202 Å². The van der Waals surface area contributed by atoms with Gasteiger partial charge in [0, 0.05) is 29.7 Å². The lowest BCUT2D eigenvalue weighted by molar-refractivity contribution is -0.139. The van der Waals surface area contributed by atoms with Crippen LogP contribution in [-0.4, -0.2) is 30.2 Å². The fraction of sp³-hybridized carbons (Fsp3) is 0.385. The third-order valence-corrected chi connectivity index (χ3v) is 7.53. The highest BCUT2D eigenvalue weighted by atomic mass is 35.5. The maximum atomic E-state index is 12.9. The average Bonchev–Trinajstić information content (AvgIpc) is 3.33. The van der Waals surface area contributed by atoms with Gasteiger partial charge in [-0.2, -0.15) is 0 Å². The molecule has 1 aliphatic carbocycles. The molecule has 2 aliphatic heterocycles. The van der Waals surface area contributed by atoms with Crippen LogP contribution in [0.4, 0.5) is 11.4 Å². The second kappa shape index (κ2) is 8.87. The minimum Gasteiger partial charge on any atom is -0.426 e. The summed E-state index contributed by atoms with van der Waals surface area (Å²) in [5.74, 6) is -1.94. The number of imide groups is 1. The zero-order chi connectivity index (χ0) is 24.0. The number of ether oxygens (including phenoxy) is 1. The maximum Gasteiger partial charge on any atom is 0.316 e. The minimum atomic E-state index is -0.632. The van der Waals surface area contributed by atoms with E-state index >= 15 is 0 Å². The molecule has 8 heteroatoms. The molecule has 2 aromatic rings. The first kappa shape index (κ1) is 22.6. The lowest BCUT2D eigenvalue weighted by Crippen LogP contribution is -2.31. The van der Waals surface area contributed by atoms with Gasteiger partial charge in [0.15, 0.2) is 0 Å². The molecule has 2 aromatic carbocycles. The van der Waals surface area contributed by atoms with Gasteiger partial charge in [-0.1, -0.05) is 36.6 Å². The first-order valence-electron chi connectivity index (χ1n) is 11.6. The molecule has 0 N–H and O–H groups in total. The van der Waals surface area contributed by atoms with E-state index in [1.807, 2.05) is 6.92 Å². The van der Waals surface area contributed by atoms with Gasteiger partial charge in [0.2, 0.25) is 17.7 Å². The van der Waals surface area contributed by atoms with Crippen LogP contribution in [0.3, 0.4) is 0 Å². The monoisotopic (exact) mass is 480 g/mol. The van der Waals surface area contributed by atoms with Crippen molar-refractivity contribution in [1.29, 1.82) is 0 Å². The van der Waals surface area contributed by atoms with Crippen LogP contribution in [0.1, 0.15) is 37.7 Å². The number of carbonyl (C=O) groups is 4. The molecular weight excluding hydrogens is 456 g/mol. The fourth-order valence-corrected chi connectivity index (χ4v) is 5.46. The maximum absolute atomic E-state index is 12.9. The molecule has 2 heterocycles. The third kappa shape index (κ3) is 3.88. The molecule has 7 nitrogen and oxygen atoms in total. The SMILES string of the molecule is Cc1c(Cl)cccc1N1C[C@@H](C(=O)Oc2cccc(N3C(=O)[C@H]4CCCC[C@H]4C3=O)c2)CC1=O. The van der Waals surface area contributed by atoms with Crippen molar-refractivity contribution in [2.24, 2.45) is 17.8 Å². The predicted octanol–water partition coefficient (Wildman–Crippen LogP) is 4.29. The molecule has 1 saturated carbocycles. The second-order valence-electron chi connectivity index (χ2n) is 9.22. The minimum absolute atomic E-state index is 0.0386. The molecule has 3 aliphatic rings. The van der Waals surface area contributed by atoms with E-state index in [0.29, 0.717) is 16.4 Å². The molecular formula is C26H25ClN2O5. The van der Waals surface area contributed by atoms with Crippen LogP contribution >= 0.6 is 11.6 Å². The number of amides is 3. The molecule has 3 fully saturated rings. The average molecular weight is 481 g/mol. The zero-order valence-electron chi connectivity index (χ0n) is 18.8.